The van der Waals surface area contributed by atoms with Gasteiger partial charge in [-0.05, 0) is 35.6 Å². The summed E-state index contributed by atoms with van der Waals surface area (Å²) in [5.74, 6) is -0.0811. The van der Waals surface area contributed by atoms with Crippen molar-refractivity contribution in [3.05, 3.63) is 46.2 Å². The average Bonchev–Trinajstić information content (AvgIpc) is 3.08. The lowest BCUT2D eigenvalue weighted by molar-refractivity contribution is -0.124. The Kier molecular flexibility index (Phi) is 6.17. The van der Waals surface area contributed by atoms with E-state index in [1.54, 1.807) is 18.2 Å². The first-order chi connectivity index (χ1) is 11.2. The number of aromatic hydroxyl groups is 1. The van der Waals surface area contributed by atoms with Gasteiger partial charge < -0.3 is 20.0 Å². The zero-order valence-electron chi connectivity index (χ0n) is 12.8. The first kappa shape index (κ1) is 17.0. The van der Waals surface area contributed by atoms with Gasteiger partial charge in [-0.25, -0.2) is 0 Å². The van der Waals surface area contributed by atoms with Crippen molar-refractivity contribution in [1.82, 2.24) is 5.32 Å². The van der Waals surface area contributed by atoms with Crippen LogP contribution in [0.2, 0.25) is 0 Å². The van der Waals surface area contributed by atoms with E-state index in [1.807, 2.05) is 17.5 Å². The van der Waals surface area contributed by atoms with Crippen molar-refractivity contribution >= 4 is 23.5 Å². The maximum Gasteiger partial charge on any atom is 0.228 e. The molecular weight excluding hydrogens is 314 g/mol. The first-order valence-corrected chi connectivity index (χ1v) is 8.14. The van der Waals surface area contributed by atoms with Gasteiger partial charge >= 0.3 is 0 Å². The number of methoxy groups -OCH3 is 1. The SMILES string of the molecule is COc1cc(CCNC(=O)C(CC=O)c2cccs2)ccc1O. The molecule has 5 nitrogen and oxygen atoms in total. The number of ether oxygens (including phenoxy) is 1. The minimum absolute atomic E-state index is 0.0871. The van der Waals surface area contributed by atoms with Crippen LogP contribution in [0.25, 0.3) is 0 Å². The Morgan fingerprint density at radius 2 is 2.26 bits per heavy atom. The molecule has 1 amide bonds. The maximum atomic E-state index is 12.3. The maximum absolute atomic E-state index is 12.3. The first-order valence-electron chi connectivity index (χ1n) is 7.26. The van der Waals surface area contributed by atoms with Crippen LogP contribution < -0.4 is 10.1 Å². The number of phenolic OH excluding ortho intramolecular Hbond substituents is 1. The van der Waals surface area contributed by atoms with E-state index >= 15 is 0 Å². The normalized spacial score (nSPS) is 11.7. The highest BCUT2D eigenvalue weighted by molar-refractivity contribution is 7.10. The lowest BCUT2D eigenvalue weighted by atomic mass is 10.0. The van der Waals surface area contributed by atoms with Gasteiger partial charge in [0.1, 0.15) is 6.29 Å². The standard InChI is InChI=1S/C17H19NO4S/c1-22-15-11-12(4-5-14(15)20)6-8-18-17(21)13(7-9-19)16-3-2-10-23-16/h2-5,9-11,13,20H,6-8H2,1H3,(H,18,21). The number of hydrogen-bond donors (Lipinski definition) is 2. The van der Waals surface area contributed by atoms with Crippen molar-refractivity contribution in [2.45, 2.75) is 18.8 Å². The molecule has 0 aliphatic heterocycles. The van der Waals surface area contributed by atoms with E-state index in [0.29, 0.717) is 18.7 Å². The fourth-order valence-corrected chi connectivity index (χ4v) is 3.11. The second-order valence-electron chi connectivity index (χ2n) is 5.02. The molecule has 1 aromatic heterocycles. The summed E-state index contributed by atoms with van der Waals surface area (Å²) in [6.45, 7) is 0.452. The molecule has 23 heavy (non-hydrogen) atoms. The molecule has 0 bridgehead atoms. The molecule has 2 rings (SSSR count). The number of thiophene rings is 1. The Labute approximate surface area is 138 Å². The Hall–Kier alpha value is -2.34. The Balaban J connectivity index is 1.92. The van der Waals surface area contributed by atoms with E-state index in [0.717, 1.165) is 16.7 Å². The van der Waals surface area contributed by atoms with Crippen molar-refractivity contribution in [2.75, 3.05) is 13.7 Å². The fraction of sp³-hybridized carbons (Fsp3) is 0.294. The summed E-state index contributed by atoms with van der Waals surface area (Å²) in [4.78, 5) is 24.0. The molecular formula is C17H19NO4S. The molecule has 6 heteroatoms. The quantitative estimate of drug-likeness (QED) is 0.728. The largest absolute Gasteiger partial charge is 0.504 e. The highest BCUT2D eigenvalue weighted by Gasteiger charge is 2.20. The number of rotatable bonds is 8. The summed E-state index contributed by atoms with van der Waals surface area (Å²) in [6.07, 6.45) is 1.56. The van der Waals surface area contributed by atoms with Gasteiger partial charge in [-0.1, -0.05) is 12.1 Å². The summed E-state index contributed by atoms with van der Waals surface area (Å²) in [6, 6.07) is 8.82. The number of amides is 1. The summed E-state index contributed by atoms with van der Waals surface area (Å²) in [5.41, 5.74) is 0.947. The van der Waals surface area contributed by atoms with Crippen LogP contribution in [-0.2, 0) is 16.0 Å². The fourth-order valence-electron chi connectivity index (χ4n) is 2.27. The molecule has 0 radical (unpaired) electrons. The number of aldehydes is 1. The van der Waals surface area contributed by atoms with E-state index in [2.05, 4.69) is 5.32 Å². The van der Waals surface area contributed by atoms with Crippen LogP contribution in [0.5, 0.6) is 11.5 Å². The molecule has 0 fully saturated rings. The van der Waals surface area contributed by atoms with Gasteiger partial charge in [-0.2, -0.15) is 0 Å². The number of carbonyl (C=O) groups is 2. The molecule has 0 aliphatic rings. The molecule has 0 spiro atoms. The average molecular weight is 333 g/mol. The van der Waals surface area contributed by atoms with Gasteiger partial charge in [0.15, 0.2) is 11.5 Å². The number of benzene rings is 1. The molecule has 2 aromatic rings. The van der Waals surface area contributed by atoms with Crippen LogP contribution in [0.3, 0.4) is 0 Å². The monoisotopic (exact) mass is 333 g/mol. The lowest BCUT2D eigenvalue weighted by Gasteiger charge is -2.13. The summed E-state index contributed by atoms with van der Waals surface area (Å²) in [7, 11) is 1.49. The second kappa shape index (κ2) is 8.33. The van der Waals surface area contributed by atoms with E-state index < -0.39 is 5.92 Å². The van der Waals surface area contributed by atoms with Crippen LogP contribution in [0.4, 0.5) is 0 Å². The van der Waals surface area contributed by atoms with Crippen LogP contribution in [-0.4, -0.2) is 31.0 Å². The van der Waals surface area contributed by atoms with Crippen molar-refractivity contribution in [1.29, 1.82) is 0 Å². The van der Waals surface area contributed by atoms with E-state index in [4.69, 9.17) is 4.74 Å². The Morgan fingerprint density at radius 1 is 1.43 bits per heavy atom. The van der Waals surface area contributed by atoms with E-state index in [1.165, 1.54) is 18.4 Å². The molecule has 1 aromatic carbocycles. The van der Waals surface area contributed by atoms with Crippen molar-refractivity contribution in [2.24, 2.45) is 0 Å². The van der Waals surface area contributed by atoms with Gasteiger partial charge in [-0.15, -0.1) is 11.3 Å². The van der Waals surface area contributed by atoms with Crippen LogP contribution >= 0.6 is 11.3 Å². The van der Waals surface area contributed by atoms with Crippen LogP contribution in [0, 0.1) is 0 Å². The Bertz CT molecular complexity index is 655. The molecule has 0 saturated carbocycles. The van der Waals surface area contributed by atoms with Gasteiger partial charge in [-0.3, -0.25) is 4.79 Å². The minimum Gasteiger partial charge on any atom is -0.504 e. The predicted molar refractivity (Wildman–Crippen MR) is 89.1 cm³/mol. The van der Waals surface area contributed by atoms with E-state index in [-0.39, 0.29) is 18.1 Å². The Morgan fingerprint density at radius 3 is 2.91 bits per heavy atom. The van der Waals surface area contributed by atoms with Crippen LogP contribution in [0.1, 0.15) is 22.8 Å². The van der Waals surface area contributed by atoms with Gasteiger partial charge in [0.05, 0.1) is 13.0 Å². The molecule has 1 atom stereocenters. The molecule has 0 aliphatic carbocycles. The van der Waals surface area contributed by atoms with Crippen molar-refractivity contribution in [3.63, 3.8) is 0 Å². The summed E-state index contributed by atoms with van der Waals surface area (Å²) in [5, 5.41) is 14.3. The zero-order valence-corrected chi connectivity index (χ0v) is 13.6. The third-order valence-electron chi connectivity index (χ3n) is 3.49. The second-order valence-corrected chi connectivity index (χ2v) is 6.00. The number of carbonyl (C=O) groups excluding carboxylic acids is 2. The molecule has 122 valence electrons. The summed E-state index contributed by atoms with van der Waals surface area (Å²) >= 11 is 1.47. The van der Waals surface area contributed by atoms with Crippen molar-refractivity contribution in [3.8, 4) is 11.5 Å². The predicted octanol–water partition coefficient (Wildman–Crippen LogP) is 2.49. The zero-order chi connectivity index (χ0) is 16.7. The van der Waals surface area contributed by atoms with Gasteiger partial charge in [0.25, 0.3) is 0 Å². The van der Waals surface area contributed by atoms with E-state index in [9.17, 15) is 14.7 Å². The van der Waals surface area contributed by atoms with Crippen molar-refractivity contribution < 1.29 is 19.4 Å². The molecule has 1 heterocycles. The number of nitrogens with one attached hydrogen (secondary N) is 1. The molecule has 0 saturated heterocycles. The minimum atomic E-state index is -0.429. The van der Waals surface area contributed by atoms with Gasteiger partial charge in [0, 0.05) is 17.8 Å². The smallest absolute Gasteiger partial charge is 0.228 e. The highest BCUT2D eigenvalue weighted by Crippen LogP contribution is 2.26. The number of phenols is 1. The molecule has 2 N–H and O–H groups in total. The topological polar surface area (TPSA) is 75.6 Å². The number of hydrogen-bond acceptors (Lipinski definition) is 5. The highest BCUT2D eigenvalue weighted by atomic mass is 32.1. The lowest BCUT2D eigenvalue weighted by Crippen LogP contribution is -2.31. The van der Waals surface area contributed by atoms with Crippen LogP contribution in [0.15, 0.2) is 35.7 Å². The van der Waals surface area contributed by atoms with Gasteiger partial charge in [0.2, 0.25) is 5.91 Å². The third-order valence-corrected chi connectivity index (χ3v) is 4.48. The third kappa shape index (κ3) is 4.56. The summed E-state index contributed by atoms with van der Waals surface area (Å²) < 4.78 is 5.06. The molecule has 1 unspecified atom stereocenters.